The monoisotopic (exact) mass is 240 g/mol. The number of rotatable bonds is 4. The van der Waals surface area contributed by atoms with Crippen molar-refractivity contribution in [2.75, 3.05) is 5.32 Å². The molecule has 1 amide bonds. The summed E-state index contributed by atoms with van der Waals surface area (Å²) >= 11 is 5.92. The lowest BCUT2D eigenvalue weighted by molar-refractivity contribution is -0.116. The number of hydrogen-bond acceptors (Lipinski definition) is 2. The van der Waals surface area contributed by atoms with Gasteiger partial charge in [0.15, 0.2) is 0 Å². The first kappa shape index (κ1) is 13.0. The number of nitrogens with two attached hydrogens (primary N) is 1. The topological polar surface area (TPSA) is 55.1 Å². The maximum absolute atomic E-state index is 11.6. The number of halogens is 1. The first-order valence-electron chi connectivity index (χ1n) is 5.30. The van der Waals surface area contributed by atoms with Gasteiger partial charge in [-0.2, -0.15) is 0 Å². The highest BCUT2D eigenvalue weighted by Gasteiger charge is 2.13. The van der Waals surface area contributed by atoms with Gasteiger partial charge in [0, 0.05) is 12.5 Å². The molecular formula is C12H17ClN2O. The highest BCUT2D eigenvalue weighted by atomic mass is 35.5. The van der Waals surface area contributed by atoms with Crippen molar-refractivity contribution in [2.45, 2.75) is 26.3 Å². The van der Waals surface area contributed by atoms with Crippen molar-refractivity contribution in [1.29, 1.82) is 0 Å². The van der Waals surface area contributed by atoms with Crippen LogP contribution in [0.1, 0.15) is 20.3 Å². The minimum absolute atomic E-state index is 0.102. The zero-order chi connectivity index (χ0) is 12.1. The van der Waals surface area contributed by atoms with Gasteiger partial charge in [-0.1, -0.05) is 37.6 Å². The smallest absolute Gasteiger partial charge is 0.225 e. The molecule has 16 heavy (non-hydrogen) atoms. The van der Waals surface area contributed by atoms with Gasteiger partial charge < -0.3 is 11.1 Å². The molecule has 1 unspecified atom stereocenters. The summed E-state index contributed by atoms with van der Waals surface area (Å²) in [4.78, 5) is 11.6. The van der Waals surface area contributed by atoms with E-state index in [0.29, 0.717) is 17.1 Å². The Bertz CT molecular complexity index is 366. The molecule has 1 aromatic rings. The molecule has 1 atom stereocenters. The van der Waals surface area contributed by atoms with Crippen molar-refractivity contribution < 1.29 is 4.79 Å². The first-order valence-corrected chi connectivity index (χ1v) is 5.68. The van der Waals surface area contributed by atoms with Gasteiger partial charge in [0.1, 0.15) is 0 Å². The maximum atomic E-state index is 11.6. The molecular weight excluding hydrogens is 224 g/mol. The number of hydrogen-bond donors (Lipinski definition) is 2. The Morgan fingerprint density at radius 1 is 1.44 bits per heavy atom. The molecule has 0 saturated carbocycles. The number of carbonyl (C=O) groups is 1. The molecule has 0 heterocycles. The van der Waals surface area contributed by atoms with Crippen LogP contribution in [0.25, 0.3) is 0 Å². The van der Waals surface area contributed by atoms with Crippen LogP contribution in [-0.2, 0) is 4.79 Å². The zero-order valence-electron chi connectivity index (χ0n) is 9.53. The Hall–Kier alpha value is -1.06. The minimum atomic E-state index is -0.123. The lowest BCUT2D eigenvalue weighted by atomic mass is 10.0. The van der Waals surface area contributed by atoms with Crippen molar-refractivity contribution >= 4 is 23.2 Å². The fraction of sp³-hybridized carbons (Fsp3) is 0.417. The Kier molecular flexibility index (Phi) is 4.77. The standard InChI is InChI=1S/C12H17ClN2O/c1-8(2)10(14)7-12(16)15-11-6-4-3-5-9(11)13/h3-6,8,10H,7,14H2,1-2H3,(H,15,16). The lowest BCUT2D eigenvalue weighted by Crippen LogP contribution is -2.31. The van der Waals surface area contributed by atoms with Gasteiger partial charge in [-0.15, -0.1) is 0 Å². The predicted molar refractivity (Wildman–Crippen MR) is 67.5 cm³/mol. The molecule has 0 radical (unpaired) electrons. The summed E-state index contributed by atoms with van der Waals surface area (Å²) < 4.78 is 0. The molecule has 0 aliphatic heterocycles. The van der Waals surface area contributed by atoms with Crippen LogP contribution >= 0.6 is 11.6 Å². The fourth-order valence-electron chi connectivity index (χ4n) is 1.21. The molecule has 4 heteroatoms. The van der Waals surface area contributed by atoms with E-state index in [1.54, 1.807) is 12.1 Å². The SMILES string of the molecule is CC(C)C(N)CC(=O)Nc1ccccc1Cl. The fourth-order valence-corrected chi connectivity index (χ4v) is 1.40. The highest BCUT2D eigenvalue weighted by Crippen LogP contribution is 2.20. The van der Waals surface area contributed by atoms with Crippen molar-refractivity contribution in [3.05, 3.63) is 29.3 Å². The van der Waals surface area contributed by atoms with Gasteiger partial charge >= 0.3 is 0 Å². The normalized spacial score (nSPS) is 12.6. The van der Waals surface area contributed by atoms with Crippen LogP contribution in [0.15, 0.2) is 24.3 Å². The van der Waals surface area contributed by atoms with Gasteiger partial charge in [0.2, 0.25) is 5.91 Å². The molecule has 1 rings (SSSR count). The van der Waals surface area contributed by atoms with Gasteiger partial charge in [0.25, 0.3) is 0 Å². The second-order valence-corrected chi connectivity index (χ2v) is 4.55. The summed E-state index contributed by atoms with van der Waals surface area (Å²) in [7, 11) is 0. The Morgan fingerprint density at radius 2 is 2.06 bits per heavy atom. The summed E-state index contributed by atoms with van der Waals surface area (Å²) in [5.74, 6) is 0.186. The number of carbonyl (C=O) groups excluding carboxylic acids is 1. The van der Waals surface area contributed by atoms with Crippen LogP contribution in [0, 0.1) is 5.92 Å². The highest BCUT2D eigenvalue weighted by molar-refractivity contribution is 6.33. The third kappa shape index (κ3) is 3.83. The average Bonchev–Trinajstić information content (AvgIpc) is 2.21. The van der Waals surface area contributed by atoms with Crippen molar-refractivity contribution in [3.8, 4) is 0 Å². The second-order valence-electron chi connectivity index (χ2n) is 4.14. The summed E-state index contributed by atoms with van der Waals surface area (Å²) in [6.45, 7) is 3.99. The molecule has 3 nitrogen and oxygen atoms in total. The van der Waals surface area contributed by atoms with E-state index in [1.807, 2.05) is 26.0 Å². The van der Waals surface area contributed by atoms with Gasteiger partial charge in [-0.25, -0.2) is 0 Å². The summed E-state index contributed by atoms with van der Waals surface area (Å²) in [6, 6.07) is 7.02. The second kappa shape index (κ2) is 5.87. The van der Waals surface area contributed by atoms with E-state index in [9.17, 15) is 4.79 Å². The predicted octanol–water partition coefficient (Wildman–Crippen LogP) is 2.65. The largest absolute Gasteiger partial charge is 0.327 e. The number of benzene rings is 1. The molecule has 88 valence electrons. The summed E-state index contributed by atoms with van der Waals surface area (Å²) in [6.07, 6.45) is 0.308. The zero-order valence-corrected chi connectivity index (χ0v) is 10.3. The number of amides is 1. The van der Waals surface area contributed by atoms with Crippen LogP contribution in [0.2, 0.25) is 5.02 Å². The van der Waals surface area contributed by atoms with Gasteiger partial charge in [-0.05, 0) is 18.1 Å². The molecule has 0 fully saturated rings. The maximum Gasteiger partial charge on any atom is 0.225 e. The third-order valence-corrected chi connectivity index (χ3v) is 2.75. The van der Waals surface area contributed by atoms with Gasteiger partial charge in [0.05, 0.1) is 10.7 Å². The van der Waals surface area contributed by atoms with E-state index >= 15 is 0 Å². The third-order valence-electron chi connectivity index (χ3n) is 2.43. The van der Waals surface area contributed by atoms with Crippen molar-refractivity contribution in [2.24, 2.45) is 11.7 Å². The van der Waals surface area contributed by atoms with Crippen LogP contribution < -0.4 is 11.1 Å². The first-order chi connectivity index (χ1) is 7.50. The Labute approximate surface area is 101 Å². The van der Waals surface area contributed by atoms with Crippen LogP contribution in [0.3, 0.4) is 0 Å². The molecule has 0 bridgehead atoms. The molecule has 0 spiro atoms. The summed E-state index contributed by atoms with van der Waals surface area (Å²) in [5, 5.41) is 3.28. The van der Waals surface area contributed by atoms with E-state index in [-0.39, 0.29) is 17.9 Å². The van der Waals surface area contributed by atoms with E-state index < -0.39 is 0 Å². The van der Waals surface area contributed by atoms with Crippen molar-refractivity contribution in [1.82, 2.24) is 0 Å². The molecule has 0 aliphatic carbocycles. The molecule has 0 aliphatic rings. The molecule has 3 N–H and O–H groups in total. The van der Waals surface area contributed by atoms with E-state index in [4.69, 9.17) is 17.3 Å². The number of nitrogens with one attached hydrogen (secondary N) is 1. The van der Waals surface area contributed by atoms with Crippen molar-refractivity contribution in [3.63, 3.8) is 0 Å². The molecule has 0 aromatic heterocycles. The quantitative estimate of drug-likeness (QED) is 0.850. The van der Waals surface area contributed by atoms with E-state index in [1.165, 1.54) is 0 Å². The Morgan fingerprint density at radius 3 is 2.62 bits per heavy atom. The van der Waals surface area contributed by atoms with E-state index in [2.05, 4.69) is 5.32 Å². The van der Waals surface area contributed by atoms with E-state index in [0.717, 1.165) is 0 Å². The average molecular weight is 241 g/mol. The lowest BCUT2D eigenvalue weighted by Gasteiger charge is -2.15. The number of para-hydroxylation sites is 1. The van der Waals surface area contributed by atoms with Crippen LogP contribution in [0.5, 0.6) is 0 Å². The van der Waals surface area contributed by atoms with Gasteiger partial charge in [-0.3, -0.25) is 4.79 Å². The van der Waals surface area contributed by atoms with Crippen LogP contribution in [-0.4, -0.2) is 11.9 Å². The summed E-state index contributed by atoms with van der Waals surface area (Å²) in [5.41, 5.74) is 6.45. The molecule has 0 saturated heterocycles. The number of anilines is 1. The van der Waals surface area contributed by atoms with Crippen LogP contribution in [0.4, 0.5) is 5.69 Å². The Balaban J connectivity index is 2.55. The molecule has 1 aromatic carbocycles. The minimum Gasteiger partial charge on any atom is -0.327 e.